The van der Waals surface area contributed by atoms with Crippen LogP contribution in [0.5, 0.6) is 0 Å². The third kappa shape index (κ3) is 4.83. The average Bonchev–Trinajstić information content (AvgIpc) is 3.87. The van der Waals surface area contributed by atoms with Gasteiger partial charge in [-0.3, -0.25) is 9.59 Å². The van der Waals surface area contributed by atoms with Gasteiger partial charge in [0.25, 0.3) is 0 Å². The highest BCUT2D eigenvalue weighted by molar-refractivity contribution is 6.00. The maximum atomic E-state index is 11.7. The first-order chi connectivity index (χ1) is 22.1. The smallest absolute Gasteiger partial charge is 0.152 e. The van der Waals surface area contributed by atoms with Crippen molar-refractivity contribution in [2.45, 2.75) is 18.9 Å². The summed E-state index contributed by atoms with van der Waals surface area (Å²) in [5, 5.41) is 4.06. The standard InChI is InChI=1S/C19H16N2O2.C19H15NO2/c1-23-19(14-10-20-16-8-4-2-6-12(14)16)18-15(11-22)13-7-3-5-9-17(13)21-18;1-12(16-11-22-18-9-5-3-7-14(16)18)19-15(10-21)13-6-2-4-8-17(13)20-19/h2-11,19-21H,1H3;2-12,20H,1H3. The molecule has 0 aliphatic rings. The Morgan fingerprint density at radius 2 is 1.18 bits per heavy atom. The molecule has 45 heavy (non-hydrogen) atoms. The number of H-pyrrole nitrogens is 3. The van der Waals surface area contributed by atoms with E-state index in [1.165, 1.54) is 0 Å². The van der Waals surface area contributed by atoms with Gasteiger partial charge < -0.3 is 24.1 Å². The summed E-state index contributed by atoms with van der Waals surface area (Å²) < 4.78 is 11.4. The second kappa shape index (κ2) is 11.8. The van der Waals surface area contributed by atoms with Crippen molar-refractivity contribution in [3.8, 4) is 0 Å². The number of rotatable bonds is 7. The SMILES string of the molecule is CC(c1[nH]c2ccccc2c1C=O)c1coc2ccccc12.COC(c1[nH]c2ccccc2c1C=O)c1c[nH]c2ccccc12. The fraction of sp³-hybridized carbons (Fsp3) is 0.105. The predicted molar refractivity (Wildman–Crippen MR) is 178 cm³/mol. The van der Waals surface area contributed by atoms with Gasteiger partial charge in [-0.1, -0.05) is 79.7 Å². The van der Waals surface area contributed by atoms with Gasteiger partial charge in [-0.15, -0.1) is 0 Å². The molecule has 7 heteroatoms. The number of aldehydes is 2. The number of hydrogen-bond donors (Lipinski definition) is 3. The molecule has 0 amide bonds. The molecular formula is C38H31N3O4. The van der Waals surface area contributed by atoms with Gasteiger partial charge in [-0.05, 0) is 24.3 Å². The Morgan fingerprint density at radius 3 is 1.82 bits per heavy atom. The molecule has 4 heterocycles. The van der Waals surface area contributed by atoms with Gasteiger partial charge in [0.05, 0.1) is 12.0 Å². The van der Waals surface area contributed by atoms with Crippen LogP contribution in [0, 0.1) is 0 Å². The van der Waals surface area contributed by atoms with Gasteiger partial charge in [0.15, 0.2) is 12.6 Å². The van der Waals surface area contributed by atoms with Crippen LogP contribution in [0.3, 0.4) is 0 Å². The van der Waals surface area contributed by atoms with Crippen molar-refractivity contribution >= 4 is 56.3 Å². The van der Waals surface area contributed by atoms with Crippen LogP contribution in [0.25, 0.3) is 43.7 Å². The molecule has 2 unspecified atom stereocenters. The summed E-state index contributed by atoms with van der Waals surface area (Å²) in [6, 6.07) is 31.7. The molecular weight excluding hydrogens is 562 g/mol. The van der Waals surface area contributed by atoms with E-state index in [1.54, 1.807) is 13.4 Å². The van der Waals surface area contributed by atoms with Crippen LogP contribution < -0.4 is 0 Å². The number of ether oxygens (including phenoxy) is 1. The normalized spacial score (nSPS) is 12.8. The lowest BCUT2D eigenvalue weighted by Crippen LogP contribution is -2.06. The molecule has 7 nitrogen and oxygen atoms in total. The third-order valence-electron chi connectivity index (χ3n) is 8.60. The van der Waals surface area contributed by atoms with E-state index < -0.39 is 0 Å². The number of para-hydroxylation sites is 4. The minimum absolute atomic E-state index is 0.0521. The first kappa shape index (κ1) is 28.1. The lowest BCUT2D eigenvalue weighted by Gasteiger charge is -2.14. The van der Waals surface area contributed by atoms with Gasteiger partial charge in [-0.25, -0.2) is 0 Å². The first-order valence-corrected chi connectivity index (χ1v) is 14.8. The molecule has 0 spiro atoms. The monoisotopic (exact) mass is 593 g/mol. The molecule has 8 aromatic rings. The minimum atomic E-state index is -0.334. The Balaban J connectivity index is 0.000000145. The van der Waals surface area contributed by atoms with Gasteiger partial charge in [-0.2, -0.15) is 0 Å². The number of carbonyl (C=O) groups is 2. The average molecular weight is 594 g/mol. The van der Waals surface area contributed by atoms with E-state index in [9.17, 15) is 9.59 Å². The zero-order valence-corrected chi connectivity index (χ0v) is 24.8. The zero-order valence-electron chi connectivity index (χ0n) is 24.8. The number of benzene rings is 4. The van der Waals surface area contributed by atoms with Crippen LogP contribution >= 0.6 is 0 Å². The van der Waals surface area contributed by atoms with E-state index in [-0.39, 0.29) is 12.0 Å². The number of furan rings is 1. The molecule has 0 saturated heterocycles. The van der Waals surface area contributed by atoms with E-state index in [2.05, 4.69) is 27.9 Å². The Kier molecular flexibility index (Phi) is 7.37. The predicted octanol–water partition coefficient (Wildman–Crippen LogP) is 9.08. The van der Waals surface area contributed by atoms with Gasteiger partial charge in [0.1, 0.15) is 11.7 Å². The summed E-state index contributed by atoms with van der Waals surface area (Å²) in [4.78, 5) is 33.3. The highest BCUT2D eigenvalue weighted by atomic mass is 16.5. The van der Waals surface area contributed by atoms with Crippen molar-refractivity contribution in [3.05, 3.63) is 143 Å². The van der Waals surface area contributed by atoms with Crippen molar-refractivity contribution in [2.24, 2.45) is 0 Å². The quantitative estimate of drug-likeness (QED) is 0.160. The molecule has 0 bridgehead atoms. The van der Waals surface area contributed by atoms with Crippen LogP contribution in [0.4, 0.5) is 0 Å². The number of aromatic amines is 3. The number of carbonyl (C=O) groups excluding carboxylic acids is 2. The number of nitrogens with one attached hydrogen (secondary N) is 3. The second-order valence-electron chi connectivity index (χ2n) is 11.0. The zero-order chi connectivity index (χ0) is 30.9. The fourth-order valence-electron chi connectivity index (χ4n) is 6.37. The molecule has 4 aromatic heterocycles. The molecule has 0 aliphatic heterocycles. The summed E-state index contributed by atoms with van der Waals surface area (Å²) >= 11 is 0. The highest BCUT2D eigenvalue weighted by Gasteiger charge is 2.24. The number of fused-ring (bicyclic) bond motifs is 4. The Morgan fingerprint density at radius 1 is 0.644 bits per heavy atom. The Hall–Kier alpha value is -5.66. The topological polar surface area (TPSA) is 104 Å². The van der Waals surface area contributed by atoms with Crippen molar-refractivity contribution in [3.63, 3.8) is 0 Å². The highest BCUT2D eigenvalue weighted by Crippen LogP contribution is 2.36. The first-order valence-electron chi connectivity index (χ1n) is 14.8. The van der Waals surface area contributed by atoms with Crippen molar-refractivity contribution in [1.29, 1.82) is 0 Å². The lowest BCUT2D eigenvalue weighted by molar-refractivity contribution is 0.110. The van der Waals surface area contributed by atoms with Crippen molar-refractivity contribution in [1.82, 2.24) is 15.0 Å². The molecule has 3 N–H and O–H groups in total. The van der Waals surface area contributed by atoms with E-state index in [4.69, 9.17) is 9.15 Å². The molecule has 0 fully saturated rings. The van der Waals surface area contributed by atoms with Crippen LogP contribution in [-0.4, -0.2) is 34.6 Å². The fourth-order valence-corrected chi connectivity index (χ4v) is 6.37. The molecule has 4 aromatic carbocycles. The van der Waals surface area contributed by atoms with Crippen LogP contribution in [-0.2, 0) is 4.74 Å². The van der Waals surface area contributed by atoms with E-state index in [0.29, 0.717) is 5.56 Å². The molecule has 0 saturated carbocycles. The maximum Gasteiger partial charge on any atom is 0.152 e. The van der Waals surface area contributed by atoms with Crippen LogP contribution in [0.15, 0.2) is 114 Å². The van der Waals surface area contributed by atoms with E-state index >= 15 is 0 Å². The summed E-state index contributed by atoms with van der Waals surface area (Å²) in [6.07, 6.45) is 5.23. The maximum absolute atomic E-state index is 11.7. The Bertz CT molecular complexity index is 2300. The summed E-state index contributed by atoms with van der Waals surface area (Å²) in [7, 11) is 1.66. The molecule has 0 aliphatic carbocycles. The van der Waals surface area contributed by atoms with Crippen molar-refractivity contribution < 1.29 is 18.7 Å². The van der Waals surface area contributed by atoms with E-state index in [0.717, 1.165) is 84.3 Å². The van der Waals surface area contributed by atoms with Crippen LogP contribution in [0.1, 0.15) is 62.2 Å². The molecule has 8 rings (SSSR count). The third-order valence-corrected chi connectivity index (χ3v) is 8.60. The molecule has 2 atom stereocenters. The Labute approximate surface area is 258 Å². The van der Waals surface area contributed by atoms with Gasteiger partial charge >= 0.3 is 0 Å². The number of hydrogen-bond acceptors (Lipinski definition) is 4. The second-order valence-corrected chi connectivity index (χ2v) is 11.0. The number of methoxy groups -OCH3 is 1. The molecule has 222 valence electrons. The summed E-state index contributed by atoms with van der Waals surface area (Å²) in [5.74, 6) is 0.0521. The van der Waals surface area contributed by atoms with Gasteiger partial charge in [0, 0.05) is 85.3 Å². The lowest BCUT2D eigenvalue weighted by atomic mass is 9.94. The summed E-state index contributed by atoms with van der Waals surface area (Å²) in [5.41, 5.74) is 9.04. The summed E-state index contributed by atoms with van der Waals surface area (Å²) in [6.45, 7) is 2.09. The van der Waals surface area contributed by atoms with Gasteiger partial charge in [0.2, 0.25) is 0 Å². The minimum Gasteiger partial charge on any atom is -0.464 e. The largest absolute Gasteiger partial charge is 0.464 e. The van der Waals surface area contributed by atoms with E-state index in [1.807, 2.05) is 97.2 Å². The van der Waals surface area contributed by atoms with Crippen LogP contribution in [0.2, 0.25) is 0 Å². The van der Waals surface area contributed by atoms with Crippen molar-refractivity contribution in [2.75, 3.05) is 7.11 Å². The molecule has 0 radical (unpaired) electrons. The number of aromatic nitrogens is 3.